The van der Waals surface area contributed by atoms with Crippen molar-refractivity contribution in [3.05, 3.63) is 46.4 Å². The third-order valence-electron chi connectivity index (χ3n) is 7.73. The number of ether oxygens (including phenoxy) is 1. The summed E-state index contributed by atoms with van der Waals surface area (Å²) in [4.78, 5) is 7.02. The molecule has 4 N–H and O–H groups in total. The second kappa shape index (κ2) is 10.3. The fraction of sp³-hybridized carbons (Fsp3) is 0.571. The molecule has 10 nitrogen and oxygen atoms in total. The average molecular weight is 556 g/mol. The summed E-state index contributed by atoms with van der Waals surface area (Å²) in [6, 6.07) is 2.11. The van der Waals surface area contributed by atoms with Crippen molar-refractivity contribution in [2.75, 3.05) is 31.2 Å². The number of aromatic nitrogens is 2. The van der Waals surface area contributed by atoms with Crippen LogP contribution in [0.1, 0.15) is 61.8 Å². The zero-order chi connectivity index (χ0) is 28.1. The maximum atomic E-state index is 13.0. The smallest absolute Gasteiger partial charge is 0.213 e. The van der Waals surface area contributed by atoms with E-state index in [1.165, 1.54) is 21.4 Å². The Balaban J connectivity index is 1.46. The molecule has 3 aliphatic rings. The van der Waals surface area contributed by atoms with Gasteiger partial charge in [-0.25, -0.2) is 13.4 Å². The number of rotatable bonds is 7. The Morgan fingerprint density at radius 2 is 2.00 bits per heavy atom. The first-order valence-corrected chi connectivity index (χ1v) is 15.4. The first-order valence-electron chi connectivity index (χ1n) is 13.7. The molecule has 4 heterocycles. The zero-order valence-electron chi connectivity index (χ0n) is 23.8. The number of benzene rings is 1. The van der Waals surface area contributed by atoms with Crippen molar-refractivity contribution < 1.29 is 13.2 Å². The number of likely N-dealkylation sites (tertiary alicyclic amines) is 1. The molecule has 0 radical (unpaired) electrons. The molecule has 1 aromatic carbocycles. The molecular formula is C28H41N7O3S. The van der Waals surface area contributed by atoms with E-state index < -0.39 is 15.6 Å². The van der Waals surface area contributed by atoms with Crippen LogP contribution in [0, 0.1) is 12.8 Å². The molecule has 3 aliphatic heterocycles. The van der Waals surface area contributed by atoms with Gasteiger partial charge in [0.05, 0.1) is 17.0 Å². The van der Waals surface area contributed by atoms with Crippen molar-refractivity contribution in [3.63, 3.8) is 0 Å². The van der Waals surface area contributed by atoms with Crippen LogP contribution < -0.4 is 21.1 Å². The predicted octanol–water partition coefficient (Wildman–Crippen LogP) is 2.99. The molecule has 0 spiro atoms. The van der Waals surface area contributed by atoms with Gasteiger partial charge in [0.2, 0.25) is 10.8 Å². The lowest BCUT2D eigenvalue weighted by atomic mass is 9.81. The van der Waals surface area contributed by atoms with Gasteiger partial charge in [0.15, 0.2) is 9.84 Å². The van der Waals surface area contributed by atoms with E-state index in [4.69, 9.17) is 10.5 Å². The largest absolute Gasteiger partial charge is 0.490 e. The van der Waals surface area contributed by atoms with Crippen molar-refractivity contribution in [3.8, 4) is 5.75 Å². The number of fused-ring (bicyclic) bond motifs is 1. The van der Waals surface area contributed by atoms with E-state index in [1.54, 1.807) is 25.5 Å². The molecule has 0 amide bonds. The maximum Gasteiger partial charge on any atom is 0.213 e. The van der Waals surface area contributed by atoms with E-state index in [1.807, 2.05) is 13.8 Å². The molecule has 1 saturated heterocycles. The molecule has 1 fully saturated rings. The fourth-order valence-electron chi connectivity index (χ4n) is 6.06. The summed E-state index contributed by atoms with van der Waals surface area (Å²) < 4.78 is 33.9. The van der Waals surface area contributed by atoms with Gasteiger partial charge < -0.3 is 20.3 Å². The van der Waals surface area contributed by atoms with E-state index in [-0.39, 0.29) is 22.8 Å². The van der Waals surface area contributed by atoms with Gasteiger partial charge in [-0.2, -0.15) is 5.10 Å². The van der Waals surface area contributed by atoms with E-state index in [9.17, 15) is 8.42 Å². The third-order valence-corrected chi connectivity index (χ3v) is 9.73. The molecule has 5 rings (SSSR count). The Bertz CT molecular complexity index is 1420. The van der Waals surface area contributed by atoms with Crippen LogP contribution in [-0.4, -0.2) is 61.3 Å². The number of anilines is 1. The van der Waals surface area contributed by atoms with Crippen LogP contribution in [0.2, 0.25) is 0 Å². The quantitative estimate of drug-likeness (QED) is 0.476. The molecule has 212 valence electrons. The highest BCUT2D eigenvalue weighted by Gasteiger charge is 2.39. The maximum absolute atomic E-state index is 13.0. The van der Waals surface area contributed by atoms with E-state index in [2.05, 4.69) is 52.6 Å². The minimum atomic E-state index is -3.58. The molecular weight excluding hydrogens is 514 g/mol. The zero-order valence-corrected chi connectivity index (χ0v) is 24.6. The van der Waals surface area contributed by atoms with Gasteiger partial charge in [0.25, 0.3) is 0 Å². The second-order valence-corrected chi connectivity index (χ2v) is 13.7. The summed E-state index contributed by atoms with van der Waals surface area (Å²) in [5.74, 6) is 0.544. The van der Waals surface area contributed by atoms with Crippen molar-refractivity contribution in [1.82, 2.24) is 20.0 Å². The number of nitrogens with two attached hydrogens (primary N) is 1. The number of nitrogens with zero attached hydrogens (tertiary/aromatic N) is 4. The van der Waals surface area contributed by atoms with Crippen molar-refractivity contribution in [2.24, 2.45) is 23.7 Å². The number of nitrogens with one attached hydrogen (secondary N) is 2. The molecule has 0 aliphatic carbocycles. The SMILES string of the molecule is Cc1cc(C2(N)N=CC=C(Nc3cn(C)nc3S(=O)(=O)CC(C)C)N2)c2c(c1C1CCN(C)CC1)CC(C)O2. The van der Waals surface area contributed by atoms with Gasteiger partial charge in [-0.15, -0.1) is 0 Å². The Morgan fingerprint density at radius 1 is 1.28 bits per heavy atom. The summed E-state index contributed by atoms with van der Waals surface area (Å²) in [6.07, 6.45) is 8.20. The molecule has 1 aromatic heterocycles. The van der Waals surface area contributed by atoms with E-state index in [0.29, 0.717) is 17.4 Å². The van der Waals surface area contributed by atoms with Crippen LogP contribution in [-0.2, 0) is 29.1 Å². The van der Waals surface area contributed by atoms with E-state index in [0.717, 1.165) is 43.7 Å². The van der Waals surface area contributed by atoms with Crippen LogP contribution in [0.4, 0.5) is 5.69 Å². The summed E-state index contributed by atoms with van der Waals surface area (Å²) in [6.45, 7) is 10.2. The third kappa shape index (κ3) is 5.44. The van der Waals surface area contributed by atoms with Crippen LogP contribution in [0.15, 0.2) is 34.2 Å². The van der Waals surface area contributed by atoms with Gasteiger partial charge in [-0.3, -0.25) is 10.4 Å². The number of sulfone groups is 1. The minimum Gasteiger partial charge on any atom is -0.490 e. The average Bonchev–Trinajstić information content (AvgIpc) is 3.40. The van der Waals surface area contributed by atoms with Crippen LogP contribution in [0.5, 0.6) is 5.75 Å². The van der Waals surface area contributed by atoms with Crippen LogP contribution in [0.3, 0.4) is 0 Å². The normalized spacial score (nSPS) is 23.9. The molecule has 39 heavy (non-hydrogen) atoms. The number of aryl methyl sites for hydroxylation is 2. The Kier molecular flexibility index (Phi) is 7.28. The molecule has 0 saturated carbocycles. The summed E-state index contributed by atoms with van der Waals surface area (Å²) >= 11 is 0. The number of hydrogen-bond acceptors (Lipinski definition) is 9. The lowest BCUT2D eigenvalue weighted by Crippen LogP contribution is -2.51. The van der Waals surface area contributed by atoms with Gasteiger partial charge in [-0.05, 0) is 81.9 Å². The van der Waals surface area contributed by atoms with E-state index >= 15 is 0 Å². The van der Waals surface area contributed by atoms with Gasteiger partial charge in [0, 0.05) is 31.4 Å². The first-order chi connectivity index (χ1) is 18.4. The second-order valence-electron chi connectivity index (χ2n) is 11.7. The molecule has 11 heteroatoms. The lowest BCUT2D eigenvalue weighted by molar-refractivity contribution is 0.245. The highest BCUT2D eigenvalue weighted by Crippen LogP contribution is 2.45. The number of aliphatic imine (C=N–C) groups is 1. The topological polar surface area (TPSA) is 127 Å². The van der Waals surface area contributed by atoms with Gasteiger partial charge >= 0.3 is 0 Å². The number of hydrogen-bond donors (Lipinski definition) is 3. The standard InChI is InChI=1S/C28H41N7O3S/c1-17(2)16-39(36,37)27-23(15-35(6)33-27)31-24-7-10-30-28(29,32-24)22-13-18(3)25(20-8-11-34(5)12-9-20)21-14-19(4)38-26(21)22/h7,10,13,15,17,19-20,31-32H,8-9,11-12,14,16,29H2,1-6H3. The first kappa shape index (κ1) is 27.7. The highest BCUT2D eigenvalue weighted by atomic mass is 32.2. The van der Waals surface area contributed by atoms with Gasteiger partial charge in [-0.1, -0.05) is 13.8 Å². The Labute approximate surface area is 231 Å². The Hall–Kier alpha value is -2.89. The predicted molar refractivity (Wildman–Crippen MR) is 154 cm³/mol. The van der Waals surface area contributed by atoms with Crippen LogP contribution in [0.25, 0.3) is 0 Å². The highest BCUT2D eigenvalue weighted by molar-refractivity contribution is 7.91. The van der Waals surface area contributed by atoms with Crippen molar-refractivity contribution in [1.29, 1.82) is 0 Å². The number of piperidine rings is 1. The molecule has 2 atom stereocenters. The summed E-state index contributed by atoms with van der Waals surface area (Å²) in [5.41, 5.74) is 12.0. The summed E-state index contributed by atoms with van der Waals surface area (Å²) in [7, 11) is 0.305. The molecule has 2 aromatic rings. The number of allylic oxidation sites excluding steroid dienone is 1. The molecule has 2 unspecified atom stereocenters. The summed E-state index contributed by atoms with van der Waals surface area (Å²) in [5, 5.41) is 10.8. The van der Waals surface area contributed by atoms with Gasteiger partial charge in [0.1, 0.15) is 17.7 Å². The van der Waals surface area contributed by atoms with Crippen molar-refractivity contribution >= 4 is 21.7 Å². The lowest BCUT2D eigenvalue weighted by Gasteiger charge is -2.35. The monoisotopic (exact) mass is 555 g/mol. The van der Waals surface area contributed by atoms with Crippen LogP contribution >= 0.6 is 0 Å². The van der Waals surface area contributed by atoms with Crippen molar-refractivity contribution in [2.45, 2.75) is 69.8 Å². The minimum absolute atomic E-state index is 0.0119. The fourth-order valence-corrected chi connectivity index (χ4v) is 7.79. The Morgan fingerprint density at radius 3 is 2.69 bits per heavy atom. The molecule has 0 bridgehead atoms.